The fourth-order valence-electron chi connectivity index (χ4n) is 3.28. The van der Waals surface area contributed by atoms with Gasteiger partial charge in [0.05, 0.1) is 17.9 Å². The summed E-state index contributed by atoms with van der Waals surface area (Å²) < 4.78 is 13.0. The molecular formula is C22H21N3O4S. The van der Waals surface area contributed by atoms with E-state index < -0.39 is 5.97 Å². The van der Waals surface area contributed by atoms with Crippen molar-refractivity contribution in [3.05, 3.63) is 82.3 Å². The molecule has 0 fully saturated rings. The van der Waals surface area contributed by atoms with E-state index in [2.05, 4.69) is 9.97 Å². The molecule has 0 unspecified atom stereocenters. The molecule has 0 bridgehead atoms. The molecule has 0 amide bonds. The number of aryl methyl sites for hydroxylation is 2. The average Bonchev–Trinajstić information content (AvgIpc) is 3.44. The summed E-state index contributed by atoms with van der Waals surface area (Å²) in [6, 6.07) is 7.70. The molecule has 0 saturated heterocycles. The predicted octanol–water partition coefficient (Wildman–Crippen LogP) is 4.45. The van der Waals surface area contributed by atoms with E-state index in [1.54, 1.807) is 17.0 Å². The first kappa shape index (κ1) is 19.9. The highest BCUT2D eigenvalue weighted by atomic mass is 32.1. The van der Waals surface area contributed by atoms with Crippen molar-refractivity contribution in [2.45, 2.75) is 26.7 Å². The van der Waals surface area contributed by atoms with Crippen molar-refractivity contribution in [2.75, 3.05) is 6.61 Å². The zero-order valence-electron chi connectivity index (χ0n) is 16.7. The summed E-state index contributed by atoms with van der Waals surface area (Å²) in [6.07, 6.45) is 6.33. The van der Waals surface area contributed by atoms with Gasteiger partial charge in [-0.25, -0.2) is 14.8 Å². The molecule has 1 N–H and O–H groups in total. The fourth-order valence-corrected chi connectivity index (χ4v) is 3.87. The molecule has 4 aromatic rings. The third kappa shape index (κ3) is 4.44. The van der Waals surface area contributed by atoms with Crippen LogP contribution in [-0.2, 0) is 12.8 Å². The van der Waals surface area contributed by atoms with E-state index in [9.17, 15) is 9.90 Å². The van der Waals surface area contributed by atoms with Gasteiger partial charge in [-0.15, -0.1) is 11.3 Å². The van der Waals surface area contributed by atoms with Crippen LogP contribution >= 0.6 is 11.3 Å². The molecular weight excluding hydrogens is 402 g/mol. The van der Waals surface area contributed by atoms with E-state index in [4.69, 9.17) is 9.15 Å². The number of rotatable bonds is 8. The van der Waals surface area contributed by atoms with E-state index in [0.717, 1.165) is 33.5 Å². The Balaban J connectivity index is 1.41. The van der Waals surface area contributed by atoms with E-state index in [0.29, 0.717) is 25.3 Å². The molecule has 0 atom stereocenters. The van der Waals surface area contributed by atoms with Crippen LogP contribution in [0.2, 0.25) is 0 Å². The molecule has 3 heterocycles. The second-order valence-corrected chi connectivity index (χ2v) is 7.75. The van der Waals surface area contributed by atoms with Crippen LogP contribution in [0.25, 0.3) is 5.13 Å². The lowest BCUT2D eigenvalue weighted by Crippen LogP contribution is -2.03. The van der Waals surface area contributed by atoms with Crippen LogP contribution in [-0.4, -0.2) is 32.2 Å². The standard InChI is InChI=1S/C22H21N3O4S/c1-14-20(24-15(2)29-14)7-9-28-18-5-3-16(4-6-18)11-17-12-25(13-19(17)21(26)27)22-23-8-10-30-22/h3-6,8,10,12-13H,7,9,11H2,1-2H3,(H,26,27). The number of carbonyl (C=O) groups is 1. The highest BCUT2D eigenvalue weighted by Crippen LogP contribution is 2.22. The lowest BCUT2D eigenvalue weighted by molar-refractivity contribution is 0.0696. The van der Waals surface area contributed by atoms with Crippen LogP contribution in [0.15, 0.2) is 52.7 Å². The third-order valence-electron chi connectivity index (χ3n) is 4.70. The van der Waals surface area contributed by atoms with Gasteiger partial charge in [0, 0.05) is 37.3 Å². The average molecular weight is 423 g/mol. The zero-order valence-corrected chi connectivity index (χ0v) is 17.5. The number of ether oxygens (including phenoxy) is 1. The number of oxazole rings is 1. The Morgan fingerprint density at radius 1 is 1.23 bits per heavy atom. The summed E-state index contributed by atoms with van der Waals surface area (Å²) >= 11 is 1.46. The summed E-state index contributed by atoms with van der Waals surface area (Å²) in [6.45, 7) is 4.24. The van der Waals surface area contributed by atoms with Crippen molar-refractivity contribution in [2.24, 2.45) is 0 Å². The Labute approximate surface area is 177 Å². The van der Waals surface area contributed by atoms with Gasteiger partial charge in [-0.2, -0.15) is 0 Å². The van der Waals surface area contributed by atoms with Gasteiger partial charge in [-0.1, -0.05) is 12.1 Å². The van der Waals surface area contributed by atoms with Crippen molar-refractivity contribution < 1.29 is 19.1 Å². The Morgan fingerprint density at radius 3 is 2.67 bits per heavy atom. The zero-order chi connectivity index (χ0) is 21.1. The number of carboxylic acids is 1. The quantitative estimate of drug-likeness (QED) is 0.450. The van der Waals surface area contributed by atoms with Crippen molar-refractivity contribution >= 4 is 17.3 Å². The van der Waals surface area contributed by atoms with E-state index in [1.165, 1.54) is 11.3 Å². The molecule has 0 saturated carbocycles. The summed E-state index contributed by atoms with van der Waals surface area (Å²) in [5.41, 5.74) is 2.94. The van der Waals surface area contributed by atoms with Crippen molar-refractivity contribution in [1.29, 1.82) is 0 Å². The van der Waals surface area contributed by atoms with Gasteiger partial charge >= 0.3 is 5.97 Å². The topological polar surface area (TPSA) is 90.4 Å². The molecule has 0 aliphatic heterocycles. The van der Waals surface area contributed by atoms with E-state index >= 15 is 0 Å². The number of hydrogen-bond donors (Lipinski definition) is 1. The number of carboxylic acid groups (broad SMARTS) is 1. The number of aromatic carboxylic acids is 1. The molecule has 0 radical (unpaired) electrons. The van der Waals surface area contributed by atoms with Crippen LogP contribution in [0.4, 0.5) is 0 Å². The fraction of sp³-hybridized carbons (Fsp3) is 0.227. The molecule has 4 rings (SSSR count). The van der Waals surface area contributed by atoms with Crippen molar-refractivity contribution in [3.63, 3.8) is 0 Å². The minimum Gasteiger partial charge on any atom is -0.493 e. The molecule has 154 valence electrons. The minimum atomic E-state index is -0.946. The predicted molar refractivity (Wildman–Crippen MR) is 113 cm³/mol. The number of hydrogen-bond acceptors (Lipinski definition) is 6. The van der Waals surface area contributed by atoms with Crippen LogP contribution < -0.4 is 4.74 Å². The van der Waals surface area contributed by atoms with Gasteiger partial charge in [0.25, 0.3) is 0 Å². The summed E-state index contributed by atoms with van der Waals surface area (Å²) in [5, 5.41) is 12.1. The normalized spacial score (nSPS) is 11.0. The monoisotopic (exact) mass is 423 g/mol. The highest BCUT2D eigenvalue weighted by molar-refractivity contribution is 7.12. The maximum absolute atomic E-state index is 11.6. The van der Waals surface area contributed by atoms with E-state index in [-0.39, 0.29) is 5.56 Å². The first-order valence-corrected chi connectivity index (χ1v) is 10.4. The highest BCUT2D eigenvalue weighted by Gasteiger charge is 2.15. The first-order valence-electron chi connectivity index (χ1n) is 9.48. The maximum atomic E-state index is 11.6. The second kappa shape index (κ2) is 8.54. The van der Waals surface area contributed by atoms with Crippen molar-refractivity contribution in [1.82, 2.24) is 14.5 Å². The summed E-state index contributed by atoms with van der Waals surface area (Å²) in [5.74, 6) is 1.30. The van der Waals surface area contributed by atoms with Gasteiger partial charge < -0.3 is 14.3 Å². The lowest BCUT2D eigenvalue weighted by Gasteiger charge is -2.07. The van der Waals surface area contributed by atoms with Crippen molar-refractivity contribution in [3.8, 4) is 10.9 Å². The maximum Gasteiger partial charge on any atom is 0.337 e. The van der Waals surface area contributed by atoms with Crippen LogP contribution in [0.5, 0.6) is 5.75 Å². The first-order chi connectivity index (χ1) is 14.5. The number of nitrogens with zero attached hydrogens (tertiary/aromatic N) is 3. The van der Waals surface area contributed by atoms with Crippen LogP contribution in [0.3, 0.4) is 0 Å². The smallest absolute Gasteiger partial charge is 0.337 e. The molecule has 8 heteroatoms. The van der Waals surface area contributed by atoms with Gasteiger partial charge in [0.2, 0.25) is 0 Å². The molecule has 0 aliphatic carbocycles. The number of thiazole rings is 1. The molecule has 0 spiro atoms. The largest absolute Gasteiger partial charge is 0.493 e. The lowest BCUT2D eigenvalue weighted by atomic mass is 10.0. The minimum absolute atomic E-state index is 0.281. The summed E-state index contributed by atoms with van der Waals surface area (Å²) in [7, 11) is 0. The number of benzene rings is 1. The van der Waals surface area contributed by atoms with Gasteiger partial charge in [0.1, 0.15) is 11.5 Å². The molecule has 30 heavy (non-hydrogen) atoms. The Morgan fingerprint density at radius 2 is 2.03 bits per heavy atom. The van der Waals surface area contributed by atoms with Crippen LogP contribution in [0, 0.1) is 13.8 Å². The Bertz CT molecular complexity index is 1140. The Kier molecular flexibility index (Phi) is 5.67. The van der Waals surface area contributed by atoms with Gasteiger partial charge in [-0.3, -0.25) is 4.57 Å². The molecule has 7 nitrogen and oxygen atoms in total. The second-order valence-electron chi connectivity index (χ2n) is 6.88. The van der Waals surface area contributed by atoms with Gasteiger partial charge in [0.15, 0.2) is 11.0 Å². The number of aromatic nitrogens is 3. The van der Waals surface area contributed by atoms with Gasteiger partial charge in [-0.05, 0) is 36.6 Å². The van der Waals surface area contributed by atoms with Crippen LogP contribution in [0.1, 0.15) is 38.8 Å². The summed E-state index contributed by atoms with van der Waals surface area (Å²) in [4.78, 5) is 20.2. The third-order valence-corrected chi connectivity index (χ3v) is 5.49. The molecule has 3 aromatic heterocycles. The molecule has 0 aliphatic rings. The molecule has 1 aromatic carbocycles. The van der Waals surface area contributed by atoms with E-state index in [1.807, 2.05) is 49.7 Å². The SMILES string of the molecule is Cc1nc(CCOc2ccc(Cc3cn(-c4nccs4)cc3C(=O)O)cc2)c(C)o1. The Hall–Kier alpha value is -3.39.